The van der Waals surface area contributed by atoms with E-state index in [1.165, 1.54) is 13.2 Å². The van der Waals surface area contributed by atoms with Crippen LogP contribution in [0.2, 0.25) is 10.0 Å². The Kier molecular flexibility index (Phi) is 3.55. The van der Waals surface area contributed by atoms with Gasteiger partial charge in [0.05, 0.1) is 7.11 Å². The summed E-state index contributed by atoms with van der Waals surface area (Å²) in [6.07, 6.45) is 0. The number of ether oxygens (including phenoxy) is 1. The second-order valence-electron chi connectivity index (χ2n) is 3.47. The highest BCUT2D eigenvalue weighted by atomic mass is 35.5. The topological polar surface area (TPSA) is 9.23 Å². The van der Waals surface area contributed by atoms with Crippen molar-refractivity contribution in [2.24, 2.45) is 0 Å². The van der Waals surface area contributed by atoms with Crippen LogP contribution in [0.3, 0.4) is 0 Å². The van der Waals surface area contributed by atoms with Gasteiger partial charge in [0.15, 0.2) is 11.6 Å². The van der Waals surface area contributed by atoms with Gasteiger partial charge >= 0.3 is 0 Å². The van der Waals surface area contributed by atoms with Crippen LogP contribution in [0, 0.1) is 5.82 Å². The molecule has 0 saturated heterocycles. The van der Waals surface area contributed by atoms with E-state index in [4.69, 9.17) is 27.9 Å². The number of methoxy groups -OCH3 is 1. The van der Waals surface area contributed by atoms with Gasteiger partial charge in [0.25, 0.3) is 0 Å². The van der Waals surface area contributed by atoms with Crippen molar-refractivity contribution < 1.29 is 9.13 Å². The quantitative estimate of drug-likeness (QED) is 0.761. The molecule has 0 spiro atoms. The fourth-order valence-electron chi connectivity index (χ4n) is 1.56. The van der Waals surface area contributed by atoms with Gasteiger partial charge in [-0.25, -0.2) is 4.39 Å². The van der Waals surface area contributed by atoms with Crippen molar-refractivity contribution in [2.45, 2.75) is 0 Å². The van der Waals surface area contributed by atoms with Crippen molar-refractivity contribution in [1.82, 2.24) is 0 Å². The normalized spacial score (nSPS) is 10.4. The van der Waals surface area contributed by atoms with Gasteiger partial charge in [-0.2, -0.15) is 0 Å². The van der Waals surface area contributed by atoms with Gasteiger partial charge in [-0.15, -0.1) is 0 Å². The Bertz CT molecular complexity index is 555. The summed E-state index contributed by atoms with van der Waals surface area (Å²) in [5.41, 5.74) is 1.42. The first kappa shape index (κ1) is 12.2. The third-order valence-electron chi connectivity index (χ3n) is 2.39. The Morgan fingerprint density at radius 2 is 1.82 bits per heavy atom. The zero-order valence-electron chi connectivity index (χ0n) is 9.01. The lowest BCUT2D eigenvalue weighted by molar-refractivity contribution is 0.386. The first-order valence-electron chi connectivity index (χ1n) is 4.91. The third kappa shape index (κ3) is 2.54. The average Bonchev–Trinajstić information content (AvgIpc) is 2.29. The number of hydrogen-bond donors (Lipinski definition) is 0. The molecule has 0 fully saturated rings. The molecular formula is C13H9Cl2FO. The van der Waals surface area contributed by atoms with Crippen LogP contribution in [0.5, 0.6) is 5.75 Å². The Morgan fingerprint density at radius 3 is 2.41 bits per heavy atom. The van der Waals surface area contributed by atoms with Crippen LogP contribution in [0.15, 0.2) is 36.4 Å². The maximum atomic E-state index is 13.6. The summed E-state index contributed by atoms with van der Waals surface area (Å²) in [6, 6.07) is 9.79. The van der Waals surface area contributed by atoms with E-state index in [2.05, 4.69) is 0 Å². The lowest BCUT2D eigenvalue weighted by Crippen LogP contribution is -1.89. The molecule has 2 aromatic carbocycles. The summed E-state index contributed by atoms with van der Waals surface area (Å²) < 4.78 is 18.4. The van der Waals surface area contributed by atoms with Crippen molar-refractivity contribution in [1.29, 1.82) is 0 Å². The van der Waals surface area contributed by atoms with Crippen LogP contribution < -0.4 is 4.74 Å². The lowest BCUT2D eigenvalue weighted by atomic mass is 10.1. The van der Waals surface area contributed by atoms with Crippen molar-refractivity contribution in [3.05, 3.63) is 52.3 Å². The molecule has 0 heterocycles. The summed E-state index contributed by atoms with van der Waals surface area (Å²) in [4.78, 5) is 0. The Balaban J connectivity index is 2.50. The van der Waals surface area contributed by atoms with E-state index in [1.807, 2.05) is 0 Å². The van der Waals surface area contributed by atoms with E-state index in [1.54, 1.807) is 30.3 Å². The van der Waals surface area contributed by atoms with E-state index in [0.717, 1.165) is 5.56 Å². The summed E-state index contributed by atoms with van der Waals surface area (Å²) in [5, 5.41) is 1.04. The van der Waals surface area contributed by atoms with Crippen molar-refractivity contribution in [3.8, 4) is 16.9 Å². The van der Waals surface area contributed by atoms with E-state index in [-0.39, 0.29) is 5.75 Å². The highest BCUT2D eigenvalue weighted by Crippen LogP contribution is 2.32. The molecule has 1 nitrogen and oxygen atoms in total. The molecule has 0 aliphatic carbocycles. The van der Waals surface area contributed by atoms with Crippen LogP contribution >= 0.6 is 23.2 Å². The molecule has 2 rings (SSSR count). The van der Waals surface area contributed by atoms with E-state index in [9.17, 15) is 4.39 Å². The minimum atomic E-state index is -0.420. The average molecular weight is 271 g/mol. The van der Waals surface area contributed by atoms with Crippen LogP contribution in [-0.4, -0.2) is 7.11 Å². The predicted molar refractivity (Wildman–Crippen MR) is 68.4 cm³/mol. The van der Waals surface area contributed by atoms with E-state index in [0.29, 0.717) is 15.6 Å². The summed E-state index contributed by atoms with van der Waals surface area (Å²) in [7, 11) is 1.42. The van der Waals surface area contributed by atoms with Crippen molar-refractivity contribution >= 4 is 23.2 Å². The second kappa shape index (κ2) is 4.94. The molecule has 0 saturated carbocycles. The molecule has 88 valence electrons. The predicted octanol–water partition coefficient (Wildman–Crippen LogP) is 4.81. The number of halogens is 3. The largest absolute Gasteiger partial charge is 0.494 e. The molecule has 0 radical (unpaired) electrons. The standard InChI is InChI=1S/C13H9Cl2FO/c1-17-13-5-2-8(6-12(13)16)10-4-3-9(14)7-11(10)15/h2-7H,1H3. The molecule has 2 aromatic rings. The zero-order chi connectivity index (χ0) is 12.4. The van der Waals surface area contributed by atoms with Gasteiger partial charge < -0.3 is 4.74 Å². The number of rotatable bonds is 2. The smallest absolute Gasteiger partial charge is 0.165 e. The number of hydrogen-bond acceptors (Lipinski definition) is 1. The van der Waals surface area contributed by atoms with Crippen LogP contribution in [0.1, 0.15) is 0 Å². The molecule has 0 N–H and O–H groups in total. The molecule has 0 unspecified atom stereocenters. The Hall–Kier alpha value is -1.25. The van der Waals surface area contributed by atoms with Crippen molar-refractivity contribution in [3.63, 3.8) is 0 Å². The van der Waals surface area contributed by atoms with Crippen LogP contribution in [0.4, 0.5) is 4.39 Å². The lowest BCUT2D eigenvalue weighted by Gasteiger charge is -2.07. The maximum Gasteiger partial charge on any atom is 0.165 e. The van der Waals surface area contributed by atoms with Gasteiger partial charge in [-0.1, -0.05) is 35.3 Å². The first-order chi connectivity index (χ1) is 8.11. The SMILES string of the molecule is COc1ccc(-c2ccc(Cl)cc2Cl)cc1F. The molecular weight excluding hydrogens is 262 g/mol. The van der Waals surface area contributed by atoms with Gasteiger partial charge in [0, 0.05) is 15.6 Å². The molecule has 0 aromatic heterocycles. The number of benzene rings is 2. The van der Waals surface area contributed by atoms with E-state index < -0.39 is 5.82 Å². The molecule has 17 heavy (non-hydrogen) atoms. The van der Waals surface area contributed by atoms with Gasteiger partial charge in [0.1, 0.15) is 0 Å². The van der Waals surface area contributed by atoms with Crippen LogP contribution in [0.25, 0.3) is 11.1 Å². The molecule has 0 aliphatic heterocycles. The van der Waals surface area contributed by atoms with Crippen molar-refractivity contribution in [2.75, 3.05) is 7.11 Å². The highest BCUT2D eigenvalue weighted by molar-refractivity contribution is 6.36. The Labute approximate surface area is 109 Å². The fourth-order valence-corrected chi connectivity index (χ4v) is 2.08. The van der Waals surface area contributed by atoms with Crippen LogP contribution in [-0.2, 0) is 0 Å². The minimum Gasteiger partial charge on any atom is -0.494 e. The molecule has 0 bridgehead atoms. The van der Waals surface area contributed by atoms with E-state index >= 15 is 0 Å². The summed E-state index contributed by atoms with van der Waals surface area (Å²) >= 11 is 11.9. The van der Waals surface area contributed by atoms with Gasteiger partial charge in [0.2, 0.25) is 0 Å². The minimum absolute atomic E-state index is 0.207. The monoisotopic (exact) mass is 270 g/mol. The summed E-state index contributed by atoms with van der Waals surface area (Å²) in [6.45, 7) is 0. The zero-order valence-corrected chi connectivity index (χ0v) is 10.5. The molecule has 0 atom stereocenters. The highest BCUT2D eigenvalue weighted by Gasteiger charge is 2.08. The van der Waals surface area contributed by atoms with Gasteiger partial charge in [-0.3, -0.25) is 0 Å². The molecule has 0 amide bonds. The third-order valence-corrected chi connectivity index (χ3v) is 2.94. The Morgan fingerprint density at radius 1 is 1.06 bits per heavy atom. The maximum absolute atomic E-state index is 13.6. The summed E-state index contributed by atoms with van der Waals surface area (Å²) in [5.74, 6) is -0.213. The van der Waals surface area contributed by atoms with Gasteiger partial charge in [-0.05, 0) is 29.8 Å². The molecule has 4 heteroatoms. The molecule has 0 aliphatic rings. The second-order valence-corrected chi connectivity index (χ2v) is 4.32. The first-order valence-corrected chi connectivity index (χ1v) is 5.66. The fraction of sp³-hybridized carbons (Fsp3) is 0.0769.